The van der Waals surface area contributed by atoms with Crippen LogP contribution in [0.5, 0.6) is 11.5 Å². The van der Waals surface area contributed by atoms with Gasteiger partial charge in [0.15, 0.2) is 6.29 Å². The van der Waals surface area contributed by atoms with Crippen LogP contribution in [0, 0.1) is 0 Å². The lowest BCUT2D eigenvalue weighted by atomic mass is 10.2. The number of benzene rings is 1. The highest BCUT2D eigenvalue weighted by atomic mass is 16.7. The van der Waals surface area contributed by atoms with Gasteiger partial charge in [-0.1, -0.05) is 0 Å². The smallest absolute Gasteiger partial charge is 0.157 e. The monoisotopic (exact) mass is 252 g/mol. The van der Waals surface area contributed by atoms with Gasteiger partial charge in [0, 0.05) is 6.61 Å². The van der Waals surface area contributed by atoms with Crippen LogP contribution >= 0.6 is 0 Å². The Labute approximate surface area is 108 Å². The minimum absolute atomic E-state index is 0.0433. The van der Waals surface area contributed by atoms with E-state index < -0.39 is 0 Å². The molecule has 1 aliphatic rings. The Hall–Kier alpha value is -1.26. The molecule has 1 aromatic rings. The SMILES string of the molecule is COc1ccc(OCCOC2CCCCO2)cc1. The van der Waals surface area contributed by atoms with Crippen LogP contribution in [0.15, 0.2) is 24.3 Å². The molecule has 1 unspecified atom stereocenters. The predicted octanol–water partition coefficient (Wildman–Crippen LogP) is 2.62. The maximum Gasteiger partial charge on any atom is 0.157 e. The van der Waals surface area contributed by atoms with Crippen molar-refractivity contribution < 1.29 is 18.9 Å². The second-order valence-corrected chi connectivity index (χ2v) is 4.19. The zero-order valence-corrected chi connectivity index (χ0v) is 10.8. The molecule has 0 spiro atoms. The average Bonchev–Trinajstić information content (AvgIpc) is 2.45. The Morgan fingerprint density at radius 3 is 2.56 bits per heavy atom. The maximum atomic E-state index is 5.58. The second-order valence-electron chi connectivity index (χ2n) is 4.19. The van der Waals surface area contributed by atoms with Crippen molar-refractivity contribution in [1.29, 1.82) is 0 Å². The first kappa shape index (κ1) is 13.2. The third-order valence-corrected chi connectivity index (χ3v) is 2.85. The zero-order valence-electron chi connectivity index (χ0n) is 10.8. The molecule has 4 nitrogen and oxygen atoms in total. The molecule has 0 radical (unpaired) electrons. The van der Waals surface area contributed by atoms with E-state index in [-0.39, 0.29) is 6.29 Å². The molecule has 1 saturated heterocycles. The lowest BCUT2D eigenvalue weighted by Gasteiger charge is -2.22. The molecule has 2 rings (SSSR count). The van der Waals surface area contributed by atoms with Crippen molar-refractivity contribution >= 4 is 0 Å². The van der Waals surface area contributed by atoms with Crippen LogP contribution < -0.4 is 9.47 Å². The minimum atomic E-state index is -0.0433. The molecule has 1 aliphatic heterocycles. The second kappa shape index (κ2) is 7.24. The average molecular weight is 252 g/mol. The fourth-order valence-corrected chi connectivity index (χ4v) is 1.85. The molecule has 4 heteroatoms. The van der Waals surface area contributed by atoms with Gasteiger partial charge in [-0.15, -0.1) is 0 Å². The van der Waals surface area contributed by atoms with Gasteiger partial charge >= 0.3 is 0 Å². The Bertz CT molecular complexity index is 330. The number of ether oxygens (including phenoxy) is 4. The lowest BCUT2D eigenvalue weighted by molar-refractivity contribution is -0.165. The van der Waals surface area contributed by atoms with E-state index in [0.717, 1.165) is 30.9 Å². The van der Waals surface area contributed by atoms with Gasteiger partial charge in [0.1, 0.15) is 18.1 Å². The Balaban J connectivity index is 1.62. The van der Waals surface area contributed by atoms with Gasteiger partial charge in [0.05, 0.1) is 13.7 Å². The van der Waals surface area contributed by atoms with E-state index >= 15 is 0 Å². The minimum Gasteiger partial charge on any atom is -0.497 e. The lowest BCUT2D eigenvalue weighted by Crippen LogP contribution is -2.24. The molecule has 1 fully saturated rings. The van der Waals surface area contributed by atoms with E-state index in [1.807, 2.05) is 24.3 Å². The highest BCUT2D eigenvalue weighted by Crippen LogP contribution is 2.17. The molecule has 100 valence electrons. The van der Waals surface area contributed by atoms with Gasteiger partial charge in [-0.05, 0) is 43.5 Å². The Morgan fingerprint density at radius 2 is 1.89 bits per heavy atom. The normalized spacial score (nSPS) is 19.5. The van der Waals surface area contributed by atoms with Crippen LogP contribution in [0.3, 0.4) is 0 Å². The third kappa shape index (κ3) is 4.20. The molecule has 18 heavy (non-hydrogen) atoms. The van der Waals surface area contributed by atoms with Crippen molar-refractivity contribution in [2.45, 2.75) is 25.6 Å². The summed E-state index contributed by atoms with van der Waals surface area (Å²) in [6, 6.07) is 7.52. The summed E-state index contributed by atoms with van der Waals surface area (Å²) in [5.41, 5.74) is 0. The molecule has 1 heterocycles. The standard InChI is InChI=1S/C14H20O4/c1-15-12-5-7-13(8-6-12)16-10-11-18-14-4-2-3-9-17-14/h5-8,14H,2-4,9-11H2,1H3. The first-order valence-electron chi connectivity index (χ1n) is 6.38. The number of hydrogen-bond donors (Lipinski definition) is 0. The summed E-state index contributed by atoms with van der Waals surface area (Å²) in [6.07, 6.45) is 3.27. The van der Waals surface area contributed by atoms with Crippen molar-refractivity contribution in [2.75, 3.05) is 26.9 Å². The van der Waals surface area contributed by atoms with Gasteiger partial charge in [0.25, 0.3) is 0 Å². The van der Waals surface area contributed by atoms with E-state index in [4.69, 9.17) is 18.9 Å². The third-order valence-electron chi connectivity index (χ3n) is 2.85. The van der Waals surface area contributed by atoms with Gasteiger partial charge in [-0.3, -0.25) is 0 Å². The Kier molecular flexibility index (Phi) is 5.30. The highest BCUT2D eigenvalue weighted by molar-refractivity contribution is 5.31. The molecular formula is C14H20O4. The summed E-state index contributed by atoms with van der Waals surface area (Å²) in [5.74, 6) is 1.65. The van der Waals surface area contributed by atoms with Crippen LogP contribution in [0.1, 0.15) is 19.3 Å². The summed E-state index contributed by atoms with van der Waals surface area (Å²) >= 11 is 0. The fraction of sp³-hybridized carbons (Fsp3) is 0.571. The zero-order chi connectivity index (χ0) is 12.6. The first-order chi connectivity index (χ1) is 8.88. The molecular weight excluding hydrogens is 232 g/mol. The molecule has 1 atom stereocenters. The largest absolute Gasteiger partial charge is 0.497 e. The number of rotatable bonds is 6. The highest BCUT2D eigenvalue weighted by Gasteiger charge is 2.13. The molecule has 0 amide bonds. The molecule has 0 aliphatic carbocycles. The van der Waals surface area contributed by atoms with Gasteiger partial charge < -0.3 is 18.9 Å². The van der Waals surface area contributed by atoms with E-state index in [2.05, 4.69) is 0 Å². The predicted molar refractivity (Wildman–Crippen MR) is 68.0 cm³/mol. The van der Waals surface area contributed by atoms with Crippen molar-refractivity contribution in [2.24, 2.45) is 0 Å². The van der Waals surface area contributed by atoms with E-state index in [0.29, 0.717) is 13.2 Å². The molecule has 0 aromatic heterocycles. The number of hydrogen-bond acceptors (Lipinski definition) is 4. The molecule has 1 aromatic carbocycles. The van der Waals surface area contributed by atoms with Crippen LogP contribution in [-0.2, 0) is 9.47 Å². The van der Waals surface area contributed by atoms with Crippen molar-refractivity contribution in [3.63, 3.8) is 0 Å². The summed E-state index contributed by atoms with van der Waals surface area (Å²) < 4.78 is 21.7. The van der Waals surface area contributed by atoms with Crippen molar-refractivity contribution in [1.82, 2.24) is 0 Å². The summed E-state index contributed by atoms with van der Waals surface area (Å²) in [6.45, 7) is 1.90. The summed E-state index contributed by atoms with van der Waals surface area (Å²) in [7, 11) is 1.65. The fourth-order valence-electron chi connectivity index (χ4n) is 1.85. The van der Waals surface area contributed by atoms with E-state index in [1.54, 1.807) is 7.11 Å². The van der Waals surface area contributed by atoms with Gasteiger partial charge in [0.2, 0.25) is 0 Å². The molecule has 0 saturated carbocycles. The van der Waals surface area contributed by atoms with E-state index in [1.165, 1.54) is 6.42 Å². The summed E-state index contributed by atoms with van der Waals surface area (Å²) in [4.78, 5) is 0. The first-order valence-corrected chi connectivity index (χ1v) is 6.38. The van der Waals surface area contributed by atoms with Crippen LogP contribution in [-0.4, -0.2) is 33.2 Å². The van der Waals surface area contributed by atoms with Crippen LogP contribution in [0.25, 0.3) is 0 Å². The van der Waals surface area contributed by atoms with Crippen molar-refractivity contribution in [3.05, 3.63) is 24.3 Å². The quantitative estimate of drug-likeness (QED) is 0.729. The topological polar surface area (TPSA) is 36.9 Å². The maximum absolute atomic E-state index is 5.58. The summed E-state index contributed by atoms with van der Waals surface area (Å²) in [5, 5.41) is 0. The number of methoxy groups -OCH3 is 1. The Morgan fingerprint density at radius 1 is 1.11 bits per heavy atom. The van der Waals surface area contributed by atoms with E-state index in [9.17, 15) is 0 Å². The van der Waals surface area contributed by atoms with Crippen molar-refractivity contribution in [3.8, 4) is 11.5 Å². The molecule has 0 N–H and O–H groups in total. The van der Waals surface area contributed by atoms with Gasteiger partial charge in [-0.2, -0.15) is 0 Å². The molecule has 0 bridgehead atoms. The van der Waals surface area contributed by atoms with Crippen LogP contribution in [0.2, 0.25) is 0 Å². The van der Waals surface area contributed by atoms with Gasteiger partial charge in [-0.25, -0.2) is 0 Å². The van der Waals surface area contributed by atoms with Crippen LogP contribution in [0.4, 0.5) is 0 Å².